The molecule has 2 atom stereocenters. The smallest absolute Gasteiger partial charge is 0.321 e. The van der Waals surface area contributed by atoms with Crippen LogP contribution in [0.5, 0.6) is 0 Å². The number of halogens is 2. The van der Waals surface area contributed by atoms with Crippen molar-refractivity contribution in [1.82, 2.24) is 4.90 Å². The third kappa shape index (κ3) is 5.62. The van der Waals surface area contributed by atoms with Gasteiger partial charge in [0.2, 0.25) is 0 Å². The Hall–Kier alpha value is -2.29. The summed E-state index contributed by atoms with van der Waals surface area (Å²) in [5.41, 5.74) is 1.28. The summed E-state index contributed by atoms with van der Waals surface area (Å²) in [5.74, 6) is -1.90. The first-order chi connectivity index (χ1) is 15.5. The molecule has 0 radical (unpaired) electrons. The number of sulfone groups is 1. The molecule has 1 saturated heterocycles. The number of carbonyl (C=O) groups is 2. The first-order valence-corrected chi connectivity index (χ1v) is 13.0. The molecule has 0 spiro atoms. The summed E-state index contributed by atoms with van der Waals surface area (Å²) >= 11 is 12.4. The molecule has 1 aliphatic heterocycles. The zero-order chi connectivity index (χ0) is 24.3. The second-order valence-electron chi connectivity index (χ2n) is 7.86. The number of anilines is 1. The normalized spacial score (nSPS) is 18.8. The fourth-order valence-electron chi connectivity index (χ4n) is 3.94. The molecule has 33 heavy (non-hydrogen) atoms. The highest BCUT2D eigenvalue weighted by Crippen LogP contribution is 2.29. The molecular weight excluding hydrogens is 487 g/mol. The molecule has 0 aliphatic carbocycles. The topological polar surface area (TPSA) is 84.0 Å². The van der Waals surface area contributed by atoms with Gasteiger partial charge in [-0.25, -0.2) is 8.42 Å². The number of hydrogen-bond donors (Lipinski definition) is 0. The van der Waals surface area contributed by atoms with Crippen molar-refractivity contribution in [2.45, 2.75) is 37.8 Å². The van der Waals surface area contributed by atoms with Crippen LogP contribution in [-0.2, 0) is 19.4 Å². The van der Waals surface area contributed by atoms with Gasteiger partial charge >= 0.3 is 5.97 Å². The molecule has 3 rings (SSSR count). The molecule has 178 valence electrons. The maximum Gasteiger partial charge on any atom is 0.321 e. The van der Waals surface area contributed by atoms with Gasteiger partial charge in [0.05, 0.1) is 16.5 Å². The van der Waals surface area contributed by atoms with Crippen LogP contribution in [0.3, 0.4) is 0 Å². The standard InChI is InChI=1S/C23H26Cl2N2O5S/c1-4-32-22(28)14-33(30,31)21-9-8-17(12-20(21)25)23(29)27-11-10-26(15(2)16(27)3)19-7-5-6-18(24)13-19/h5-9,12-13,15-16H,4,10-11,14H2,1-3H3/t15-,16?/m1/s1. The number of nitrogens with zero attached hydrogens (tertiary/aromatic N) is 2. The number of piperazine rings is 1. The van der Waals surface area contributed by atoms with Gasteiger partial charge in [0.25, 0.3) is 5.91 Å². The first kappa shape index (κ1) is 25.3. The van der Waals surface area contributed by atoms with Crippen molar-refractivity contribution in [3.05, 3.63) is 58.1 Å². The summed E-state index contributed by atoms with van der Waals surface area (Å²) in [6.45, 7) is 6.79. The fraction of sp³-hybridized carbons (Fsp3) is 0.391. The van der Waals surface area contributed by atoms with Gasteiger partial charge < -0.3 is 14.5 Å². The van der Waals surface area contributed by atoms with Crippen LogP contribution in [-0.4, -0.2) is 62.7 Å². The Morgan fingerprint density at radius 3 is 2.42 bits per heavy atom. The number of rotatable bonds is 6. The Balaban J connectivity index is 1.77. The van der Waals surface area contributed by atoms with E-state index >= 15 is 0 Å². The second-order valence-corrected chi connectivity index (χ2v) is 10.7. The zero-order valence-corrected chi connectivity index (χ0v) is 21.0. The average Bonchev–Trinajstić information content (AvgIpc) is 2.74. The van der Waals surface area contributed by atoms with Crippen LogP contribution in [0.2, 0.25) is 10.0 Å². The van der Waals surface area contributed by atoms with Crippen molar-refractivity contribution < 1.29 is 22.7 Å². The van der Waals surface area contributed by atoms with Crippen molar-refractivity contribution in [3.8, 4) is 0 Å². The van der Waals surface area contributed by atoms with E-state index in [-0.39, 0.29) is 40.1 Å². The molecule has 1 heterocycles. The number of amides is 1. The molecule has 2 aromatic rings. The minimum Gasteiger partial charge on any atom is -0.465 e. The molecule has 2 aromatic carbocycles. The van der Waals surface area contributed by atoms with Crippen LogP contribution in [0.1, 0.15) is 31.1 Å². The number of hydrogen-bond acceptors (Lipinski definition) is 6. The predicted octanol–water partition coefficient (Wildman–Crippen LogP) is 4.07. The summed E-state index contributed by atoms with van der Waals surface area (Å²) in [7, 11) is -3.99. The monoisotopic (exact) mass is 512 g/mol. The Morgan fingerprint density at radius 1 is 1.06 bits per heavy atom. The quantitative estimate of drug-likeness (QED) is 0.542. The Morgan fingerprint density at radius 2 is 1.79 bits per heavy atom. The summed E-state index contributed by atoms with van der Waals surface area (Å²) < 4.78 is 29.7. The van der Waals surface area contributed by atoms with Crippen molar-refractivity contribution in [2.24, 2.45) is 0 Å². The third-order valence-electron chi connectivity index (χ3n) is 5.79. The molecule has 1 unspecified atom stereocenters. The minimum absolute atomic E-state index is 0.0286. The molecule has 1 fully saturated rings. The largest absolute Gasteiger partial charge is 0.465 e. The lowest BCUT2D eigenvalue weighted by molar-refractivity contribution is -0.139. The number of benzene rings is 2. The van der Waals surface area contributed by atoms with Crippen molar-refractivity contribution in [2.75, 3.05) is 30.3 Å². The highest BCUT2D eigenvalue weighted by atomic mass is 35.5. The lowest BCUT2D eigenvalue weighted by atomic mass is 10.0. The van der Waals surface area contributed by atoms with Crippen LogP contribution >= 0.6 is 23.2 Å². The molecule has 0 saturated carbocycles. The van der Waals surface area contributed by atoms with Gasteiger partial charge in [0, 0.05) is 41.4 Å². The summed E-state index contributed by atoms with van der Waals surface area (Å²) in [4.78, 5) is 28.6. The maximum atomic E-state index is 13.2. The van der Waals surface area contributed by atoms with Gasteiger partial charge in [0.15, 0.2) is 15.6 Å². The molecule has 7 nitrogen and oxygen atoms in total. The van der Waals surface area contributed by atoms with E-state index in [1.165, 1.54) is 18.2 Å². The molecular formula is C23H26Cl2N2O5S. The lowest BCUT2D eigenvalue weighted by Gasteiger charge is -2.46. The summed E-state index contributed by atoms with van der Waals surface area (Å²) in [6.07, 6.45) is 0. The number of esters is 1. The van der Waals surface area contributed by atoms with Gasteiger partial charge in [-0.1, -0.05) is 29.3 Å². The zero-order valence-electron chi connectivity index (χ0n) is 18.6. The van der Waals surface area contributed by atoms with E-state index in [1.54, 1.807) is 11.8 Å². The van der Waals surface area contributed by atoms with Crippen molar-refractivity contribution in [1.29, 1.82) is 0 Å². The number of ether oxygens (including phenoxy) is 1. The average molecular weight is 513 g/mol. The summed E-state index contributed by atoms with van der Waals surface area (Å²) in [5, 5.41) is 0.543. The van der Waals surface area contributed by atoms with Crippen LogP contribution in [0.15, 0.2) is 47.4 Å². The Bertz CT molecular complexity index is 1160. The van der Waals surface area contributed by atoms with Crippen LogP contribution in [0.25, 0.3) is 0 Å². The highest BCUT2D eigenvalue weighted by molar-refractivity contribution is 7.92. The summed E-state index contributed by atoms with van der Waals surface area (Å²) in [6, 6.07) is 11.5. The van der Waals surface area contributed by atoms with E-state index in [9.17, 15) is 18.0 Å². The minimum atomic E-state index is -3.99. The van der Waals surface area contributed by atoms with Crippen LogP contribution in [0, 0.1) is 0 Å². The van der Waals surface area contributed by atoms with Gasteiger partial charge in [-0.05, 0) is 57.2 Å². The van der Waals surface area contributed by atoms with Crippen molar-refractivity contribution in [3.63, 3.8) is 0 Å². The van der Waals surface area contributed by atoms with Gasteiger partial charge in [0.1, 0.15) is 0 Å². The number of carbonyl (C=O) groups excluding carboxylic acids is 2. The van der Waals surface area contributed by atoms with Gasteiger partial charge in [-0.15, -0.1) is 0 Å². The Kier molecular flexibility index (Phi) is 7.92. The highest BCUT2D eigenvalue weighted by Gasteiger charge is 2.34. The predicted molar refractivity (Wildman–Crippen MR) is 129 cm³/mol. The van der Waals surface area contributed by atoms with E-state index in [0.717, 1.165) is 5.69 Å². The molecule has 10 heteroatoms. The third-order valence-corrected chi connectivity index (χ3v) is 8.09. The molecule has 0 bridgehead atoms. The first-order valence-electron chi connectivity index (χ1n) is 10.6. The van der Waals surface area contributed by atoms with Gasteiger partial charge in [-0.2, -0.15) is 0 Å². The molecule has 0 aromatic heterocycles. The molecule has 1 amide bonds. The van der Waals surface area contributed by atoms with E-state index in [0.29, 0.717) is 18.1 Å². The molecule has 0 N–H and O–H groups in total. The van der Waals surface area contributed by atoms with E-state index in [1.807, 2.05) is 38.1 Å². The second kappa shape index (κ2) is 10.3. The van der Waals surface area contributed by atoms with Crippen LogP contribution < -0.4 is 4.90 Å². The van der Waals surface area contributed by atoms with E-state index in [4.69, 9.17) is 27.9 Å². The van der Waals surface area contributed by atoms with E-state index in [2.05, 4.69) is 4.90 Å². The molecule has 1 aliphatic rings. The van der Waals surface area contributed by atoms with Crippen LogP contribution in [0.4, 0.5) is 5.69 Å². The SMILES string of the molecule is CCOC(=O)CS(=O)(=O)c1ccc(C(=O)N2CCN(c3cccc(Cl)c3)[C@H](C)C2C)cc1Cl. The van der Waals surface area contributed by atoms with Gasteiger partial charge in [-0.3, -0.25) is 9.59 Å². The maximum absolute atomic E-state index is 13.2. The lowest BCUT2D eigenvalue weighted by Crippen LogP contribution is -2.59. The fourth-order valence-corrected chi connectivity index (χ4v) is 5.83. The van der Waals surface area contributed by atoms with Crippen molar-refractivity contribution >= 4 is 50.6 Å². The Labute approximate surface area is 204 Å². The van der Waals surface area contributed by atoms with E-state index < -0.39 is 21.6 Å².